The number of halogens is 3. The number of hydrogen-bond acceptors (Lipinski definition) is 5. The van der Waals surface area contributed by atoms with Crippen LogP contribution in [-0.2, 0) is 15.9 Å². The molecule has 0 spiro atoms. The molecule has 29 heavy (non-hydrogen) atoms. The highest BCUT2D eigenvalue weighted by molar-refractivity contribution is 5.68. The predicted molar refractivity (Wildman–Crippen MR) is 101 cm³/mol. The van der Waals surface area contributed by atoms with Crippen molar-refractivity contribution in [3.8, 4) is 0 Å². The molecule has 2 N–H and O–H groups in total. The van der Waals surface area contributed by atoms with Crippen LogP contribution in [-0.4, -0.2) is 56.7 Å². The Kier molecular flexibility index (Phi) is 7.21. The molecule has 2 unspecified atom stereocenters. The van der Waals surface area contributed by atoms with Crippen molar-refractivity contribution in [1.29, 1.82) is 0 Å². The third-order valence-corrected chi connectivity index (χ3v) is 4.18. The van der Waals surface area contributed by atoms with E-state index in [0.29, 0.717) is 0 Å². The Morgan fingerprint density at radius 3 is 2.48 bits per heavy atom. The van der Waals surface area contributed by atoms with Gasteiger partial charge in [0.15, 0.2) is 12.3 Å². The number of anilines is 1. The number of hydrogen-bond donors (Lipinski definition) is 2. The summed E-state index contributed by atoms with van der Waals surface area (Å²) < 4.78 is 53.0. The standard InChI is InChI=1S/C19H26F3N3O4/c1-19(2,3)29-18(27)24-6-5-11-7-13(21)15(8-12(11)20)25-9-14(22)16(10-25)28-17(26)23-4/h7-8,14,16H,5-6,9-10H2,1-4H3,(H,23,26)(H,24,27). The van der Waals surface area contributed by atoms with Crippen molar-refractivity contribution < 1.29 is 32.2 Å². The van der Waals surface area contributed by atoms with Crippen LogP contribution < -0.4 is 15.5 Å². The molecule has 1 aromatic rings. The number of carbonyl (C=O) groups excluding carboxylic acids is 2. The number of alkyl carbamates (subject to hydrolysis) is 2. The van der Waals surface area contributed by atoms with Crippen LogP contribution in [0.15, 0.2) is 12.1 Å². The minimum atomic E-state index is -1.52. The van der Waals surface area contributed by atoms with Crippen molar-refractivity contribution in [1.82, 2.24) is 10.6 Å². The zero-order valence-corrected chi connectivity index (χ0v) is 16.9. The number of alkyl halides is 1. The number of nitrogens with zero attached hydrogens (tertiary/aromatic N) is 1. The summed E-state index contributed by atoms with van der Waals surface area (Å²) in [5.41, 5.74) is -0.708. The van der Waals surface area contributed by atoms with Gasteiger partial charge in [0.25, 0.3) is 0 Å². The minimum Gasteiger partial charge on any atom is -0.444 e. The monoisotopic (exact) mass is 417 g/mol. The number of benzene rings is 1. The third kappa shape index (κ3) is 6.43. The molecule has 162 valence electrons. The first-order valence-corrected chi connectivity index (χ1v) is 9.22. The van der Waals surface area contributed by atoms with Gasteiger partial charge in [-0.2, -0.15) is 0 Å². The fourth-order valence-electron chi connectivity index (χ4n) is 2.86. The first-order valence-electron chi connectivity index (χ1n) is 9.22. The molecule has 2 amide bonds. The molecule has 0 bridgehead atoms. The molecule has 0 aromatic heterocycles. The first kappa shape index (κ1) is 22.6. The lowest BCUT2D eigenvalue weighted by molar-refractivity contribution is 0.0528. The van der Waals surface area contributed by atoms with Crippen LogP contribution in [0.5, 0.6) is 0 Å². The van der Waals surface area contributed by atoms with Crippen LogP contribution in [0.4, 0.5) is 28.4 Å². The Labute approximate surface area is 167 Å². The first-order chi connectivity index (χ1) is 13.5. The van der Waals surface area contributed by atoms with E-state index in [9.17, 15) is 22.8 Å². The van der Waals surface area contributed by atoms with Gasteiger partial charge in [0.1, 0.15) is 17.2 Å². The van der Waals surface area contributed by atoms with E-state index in [-0.39, 0.29) is 37.3 Å². The highest BCUT2D eigenvalue weighted by Gasteiger charge is 2.37. The van der Waals surface area contributed by atoms with E-state index < -0.39 is 41.7 Å². The van der Waals surface area contributed by atoms with E-state index in [2.05, 4.69) is 10.6 Å². The van der Waals surface area contributed by atoms with E-state index in [1.165, 1.54) is 11.9 Å². The summed E-state index contributed by atoms with van der Waals surface area (Å²) in [6.07, 6.45) is -3.99. The second-order valence-corrected chi connectivity index (χ2v) is 7.69. The van der Waals surface area contributed by atoms with Gasteiger partial charge in [0.05, 0.1) is 18.8 Å². The zero-order chi connectivity index (χ0) is 21.8. The van der Waals surface area contributed by atoms with Crippen LogP contribution in [0.25, 0.3) is 0 Å². The quantitative estimate of drug-likeness (QED) is 0.770. The highest BCUT2D eigenvalue weighted by atomic mass is 19.1. The van der Waals surface area contributed by atoms with Gasteiger partial charge in [-0.15, -0.1) is 0 Å². The van der Waals surface area contributed by atoms with Crippen molar-refractivity contribution in [2.75, 3.05) is 31.6 Å². The van der Waals surface area contributed by atoms with E-state index in [1.54, 1.807) is 20.8 Å². The molecule has 2 rings (SSSR count). The van der Waals surface area contributed by atoms with Crippen LogP contribution in [0, 0.1) is 11.6 Å². The van der Waals surface area contributed by atoms with E-state index in [1.807, 2.05) is 0 Å². The number of amides is 2. The Morgan fingerprint density at radius 2 is 1.86 bits per heavy atom. The fraction of sp³-hybridized carbons (Fsp3) is 0.579. The number of ether oxygens (including phenoxy) is 2. The second-order valence-electron chi connectivity index (χ2n) is 7.69. The van der Waals surface area contributed by atoms with Crippen molar-refractivity contribution in [2.45, 2.75) is 45.1 Å². The molecule has 10 heteroatoms. The summed E-state index contributed by atoms with van der Waals surface area (Å²) in [7, 11) is 1.34. The summed E-state index contributed by atoms with van der Waals surface area (Å²) in [6.45, 7) is 4.88. The summed E-state index contributed by atoms with van der Waals surface area (Å²) in [5.74, 6) is -1.41. The van der Waals surface area contributed by atoms with Crippen molar-refractivity contribution in [3.05, 3.63) is 29.3 Å². The van der Waals surface area contributed by atoms with Gasteiger partial charge in [-0.05, 0) is 38.8 Å². The van der Waals surface area contributed by atoms with Gasteiger partial charge in [-0.3, -0.25) is 0 Å². The largest absolute Gasteiger partial charge is 0.444 e. The molecule has 0 radical (unpaired) electrons. The maximum Gasteiger partial charge on any atom is 0.407 e. The lowest BCUT2D eigenvalue weighted by Crippen LogP contribution is -2.33. The van der Waals surface area contributed by atoms with Crippen LogP contribution in [0.2, 0.25) is 0 Å². The number of rotatable bonds is 5. The van der Waals surface area contributed by atoms with Crippen molar-refractivity contribution >= 4 is 17.9 Å². The molecule has 0 saturated carbocycles. The maximum atomic E-state index is 14.5. The Bertz CT molecular complexity index is 755. The van der Waals surface area contributed by atoms with Crippen molar-refractivity contribution in [3.63, 3.8) is 0 Å². The molecule has 2 atom stereocenters. The predicted octanol–water partition coefficient (Wildman–Crippen LogP) is 2.91. The normalized spacial score (nSPS) is 19.1. The summed E-state index contributed by atoms with van der Waals surface area (Å²) in [6, 6.07) is 1.99. The Balaban J connectivity index is 1.99. The number of nitrogens with one attached hydrogen (secondary N) is 2. The zero-order valence-electron chi connectivity index (χ0n) is 16.9. The van der Waals surface area contributed by atoms with Crippen LogP contribution in [0.1, 0.15) is 26.3 Å². The second kappa shape index (κ2) is 9.23. The lowest BCUT2D eigenvalue weighted by Gasteiger charge is -2.20. The average molecular weight is 417 g/mol. The van der Waals surface area contributed by atoms with Crippen LogP contribution >= 0.6 is 0 Å². The molecule has 7 nitrogen and oxygen atoms in total. The van der Waals surface area contributed by atoms with E-state index >= 15 is 0 Å². The summed E-state index contributed by atoms with van der Waals surface area (Å²) in [4.78, 5) is 24.2. The average Bonchev–Trinajstić information content (AvgIpc) is 2.96. The lowest BCUT2D eigenvalue weighted by atomic mass is 10.1. The van der Waals surface area contributed by atoms with Crippen LogP contribution in [0.3, 0.4) is 0 Å². The molecule has 1 aliphatic heterocycles. The van der Waals surface area contributed by atoms with Gasteiger partial charge in [0.2, 0.25) is 0 Å². The third-order valence-electron chi connectivity index (χ3n) is 4.18. The minimum absolute atomic E-state index is 0.0520. The molecule has 1 saturated heterocycles. The molecular weight excluding hydrogens is 391 g/mol. The molecule has 1 aliphatic rings. The van der Waals surface area contributed by atoms with Gasteiger partial charge < -0.3 is 25.0 Å². The highest BCUT2D eigenvalue weighted by Crippen LogP contribution is 2.29. The summed E-state index contributed by atoms with van der Waals surface area (Å²) in [5, 5.41) is 4.69. The fourth-order valence-corrected chi connectivity index (χ4v) is 2.86. The molecular formula is C19H26F3N3O4. The molecule has 0 aliphatic carbocycles. The van der Waals surface area contributed by atoms with Crippen molar-refractivity contribution in [2.24, 2.45) is 0 Å². The SMILES string of the molecule is CNC(=O)OC1CN(c2cc(F)c(CCNC(=O)OC(C)(C)C)cc2F)CC1F. The molecule has 1 heterocycles. The van der Waals surface area contributed by atoms with Gasteiger partial charge in [-0.25, -0.2) is 22.8 Å². The maximum absolute atomic E-state index is 14.5. The van der Waals surface area contributed by atoms with Gasteiger partial charge in [0, 0.05) is 19.7 Å². The van der Waals surface area contributed by atoms with E-state index in [0.717, 1.165) is 12.1 Å². The van der Waals surface area contributed by atoms with Gasteiger partial charge in [-0.1, -0.05) is 0 Å². The molecule has 1 aromatic carbocycles. The number of carbonyl (C=O) groups is 2. The van der Waals surface area contributed by atoms with E-state index in [4.69, 9.17) is 9.47 Å². The molecule has 1 fully saturated rings. The topological polar surface area (TPSA) is 79.9 Å². The Morgan fingerprint density at radius 1 is 1.17 bits per heavy atom. The smallest absolute Gasteiger partial charge is 0.407 e. The van der Waals surface area contributed by atoms with Gasteiger partial charge >= 0.3 is 12.2 Å². The summed E-state index contributed by atoms with van der Waals surface area (Å²) >= 11 is 0. The Hall–Kier alpha value is -2.65.